The molecule has 0 aliphatic heterocycles. The molecule has 30 heavy (non-hydrogen) atoms. The van der Waals surface area contributed by atoms with Crippen LogP contribution in [-0.4, -0.2) is 36.4 Å². The molecule has 0 bridgehead atoms. The van der Waals surface area contributed by atoms with Gasteiger partial charge < -0.3 is 9.84 Å². The van der Waals surface area contributed by atoms with Crippen LogP contribution >= 0.6 is 0 Å². The summed E-state index contributed by atoms with van der Waals surface area (Å²) in [5, 5.41) is 6.53. The summed E-state index contributed by atoms with van der Waals surface area (Å²) in [6.07, 6.45) is -1.02. The number of benzene rings is 1. The Bertz CT molecular complexity index is 935. The predicted molar refractivity (Wildman–Crippen MR) is 106 cm³/mol. The van der Waals surface area contributed by atoms with Gasteiger partial charge in [-0.15, -0.1) is 0 Å². The molecule has 7 nitrogen and oxygen atoms in total. The number of sulfonamides is 1. The summed E-state index contributed by atoms with van der Waals surface area (Å²) < 4.78 is 69.6. The van der Waals surface area contributed by atoms with E-state index in [4.69, 9.17) is 4.52 Å². The van der Waals surface area contributed by atoms with Crippen LogP contribution in [0.3, 0.4) is 0 Å². The molecular formula is C19H25F3N4O3S. The molecule has 0 saturated heterocycles. The van der Waals surface area contributed by atoms with Crippen LogP contribution in [0.25, 0.3) is 11.4 Å². The van der Waals surface area contributed by atoms with Crippen LogP contribution in [0, 0.1) is 5.92 Å². The summed E-state index contributed by atoms with van der Waals surface area (Å²) in [6.45, 7) is 3.73. The van der Waals surface area contributed by atoms with Gasteiger partial charge in [0.1, 0.15) is 0 Å². The van der Waals surface area contributed by atoms with Crippen LogP contribution in [-0.2, 0) is 16.2 Å². The van der Waals surface area contributed by atoms with Gasteiger partial charge in [0, 0.05) is 18.2 Å². The third-order valence-electron chi connectivity index (χ3n) is 5.26. The molecule has 0 spiro atoms. The lowest BCUT2D eigenvalue weighted by Gasteiger charge is -2.28. The van der Waals surface area contributed by atoms with Gasteiger partial charge in [0.25, 0.3) is 0 Å². The maximum absolute atomic E-state index is 12.7. The molecule has 1 aromatic heterocycles. The summed E-state index contributed by atoms with van der Waals surface area (Å²) in [5.41, 5.74) is -0.304. The van der Waals surface area contributed by atoms with E-state index in [-0.39, 0.29) is 23.8 Å². The fourth-order valence-electron chi connectivity index (χ4n) is 3.29. The van der Waals surface area contributed by atoms with Gasteiger partial charge in [-0.2, -0.15) is 18.2 Å². The summed E-state index contributed by atoms with van der Waals surface area (Å²) in [6, 6.07) is 4.90. The number of anilines is 1. The molecule has 1 fully saturated rings. The zero-order valence-corrected chi connectivity index (χ0v) is 17.6. The lowest BCUT2D eigenvalue weighted by atomic mass is 9.86. The first kappa shape index (κ1) is 22.5. The Hall–Kier alpha value is -2.14. The van der Waals surface area contributed by atoms with Gasteiger partial charge in [0.15, 0.2) is 0 Å². The van der Waals surface area contributed by atoms with Crippen LogP contribution in [0.1, 0.15) is 45.1 Å². The molecule has 11 heteroatoms. The fraction of sp³-hybridized carbons (Fsp3) is 0.579. The minimum Gasteiger partial charge on any atom is -0.335 e. The van der Waals surface area contributed by atoms with E-state index >= 15 is 0 Å². The monoisotopic (exact) mass is 446 g/mol. The molecule has 0 amide bonds. The molecule has 0 radical (unpaired) electrons. The van der Waals surface area contributed by atoms with Gasteiger partial charge in [-0.25, -0.2) is 13.1 Å². The number of hydrogen-bond acceptors (Lipinski definition) is 6. The van der Waals surface area contributed by atoms with Crippen LogP contribution in [0.4, 0.5) is 19.2 Å². The summed E-state index contributed by atoms with van der Waals surface area (Å²) >= 11 is 0. The van der Waals surface area contributed by atoms with E-state index in [1.807, 2.05) is 0 Å². The summed E-state index contributed by atoms with van der Waals surface area (Å²) in [4.78, 5) is 4.21. The first-order valence-corrected chi connectivity index (χ1v) is 11.4. The van der Waals surface area contributed by atoms with E-state index in [1.54, 1.807) is 13.8 Å². The third kappa shape index (κ3) is 5.72. The lowest BCUT2D eigenvalue weighted by Crippen LogP contribution is -2.37. The topological polar surface area (TPSA) is 97.1 Å². The average molecular weight is 446 g/mol. The zero-order valence-electron chi connectivity index (χ0n) is 16.7. The van der Waals surface area contributed by atoms with Crippen molar-refractivity contribution in [2.45, 2.75) is 57.0 Å². The molecule has 1 saturated carbocycles. The van der Waals surface area contributed by atoms with Crippen LogP contribution < -0.4 is 10.0 Å². The van der Waals surface area contributed by atoms with Gasteiger partial charge in [-0.05, 0) is 57.6 Å². The largest absolute Gasteiger partial charge is 0.416 e. The van der Waals surface area contributed by atoms with Crippen molar-refractivity contribution in [2.75, 3.05) is 11.9 Å². The van der Waals surface area contributed by atoms with E-state index in [9.17, 15) is 21.6 Å². The normalized spacial score (nSPS) is 20.5. The highest BCUT2D eigenvalue weighted by Gasteiger charge is 2.30. The molecular weight excluding hydrogens is 421 g/mol. The predicted octanol–water partition coefficient (Wildman–Crippen LogP) is 4.05. The van der Waals surface area contributed by atoms with Crippen molar-refractivity contribution in [3.8, 4) is 11.4 Å². The Morgan fingerprint density at radius 2 is 1.77 bits per heavy atom. The van der Waals surface area contributed by atoms with Crippen LogP contribution in [0.2, 0.25) is 0 Å². The van der Waals surface area contributed by atoms with E-state index in [0.29, 0.717) is 12.1 Å². The molecule has 1 aliphatic rings. The number of rotatable bonds is 7. The standard InChI is InChI=1S/C19H25F3N4O3S/c1-12(2)30(27,28)23-11-13-3-9-16(10-4-13)24-18-25-17(26-29-18)14-5-7-15(8-6-14)19(20,21)22/h5-8,12-13,16,23H,3-4,9-11H2,1-2H3,(H,24,25,26). The van der Waals surface area contributed by atoms with Crippen LogP contribution in [0.5, 0.6) is 0 Å². The Kier molecular flexibility index (Phi) is 6.71. The molecule has 166 valence electrons. The summed E-state index contributed by atoms with van der Waals surface area (Å²) in [7, 11) is -3.26. The number of aromatic nitrogens is 2. The molecule has 2 aromatic rings. The number of nitrogens with one attached hydrogen (secondary N) is 2. The quantitative estimate of drug-likeness (QED) is 0.666. The maximum atomic E-state index is 12.7. The SMILES string of the molecule is CC(C)S(=O)(=O)NCC1CCC(Nc2nc(-c3ccc(C(F)(F)F)cc3)no2)CC1. The van der Waals surface area contributed by atoms with Gasteiger partial charge in [-0.1, -0.05) is 17.3 Å². The number of alkyl halides is 3. The fourth-order valence-corrected chi connectivity index (χ4v) is 4.10. The van der Waals surface area contributed by atoms with Crippen molar-refractivity contribution in [3.05, 3.63) is 29.8 Å². The highest BCUT2D eigenvalue weighted by molar-refractivity contribution is 7.90. The molecule has 0 unspecified atom stereocenters. The van der Waals surface area contributed by atoms with Crippen molar-refractivity contribution in [2.24, 2.45) is 5.92 Å². The van der Waals surface area contributed by atoms with Crippen molar-refractivity contribution >= 4 is 16.0 Å². The highest BCUT2D eigenvalue weighted by atomic mass is 32.2. The highest BCUT2D eigenvalue weighted by Crippen LogP contribution is 2.31. The molecule has 1 aliphatic carbocycles. The second kappa shape index (κ2) is 8.93. The molecule has 0 atom stereocenters. The second-order valence-electron chi connectivity index (χ2n) is 7.80. The van der Waals surface area contributed by atoms with Crippen LogP contribution in [0.15, 0.2) is 28.8 Å². The van der Waals surface area contributed by atoms with Gasteiger partial charge >= 0.3 is 12.2 Å². The van der Waals surface area contributed by atoms with Gasteiger partial charge in [0.2, 0.25) is 15.8 Å². The second-order valence-corrected chi connectivity index (χ2v) is 10.1. The van der Waals surface area contributed by atoms with Crippen molar-refractivity contribution in [1.29, 1.82) is 0 Å². The van der Waals surface area contributed by atoms with E-state index in [2.05, 4.69) is 20.2 Å². The van der Waals surface area contributed by atoms with Crippen molar-refractivity contribution in [1.82, 2.24) is 14.9 Å². The minimum atomic E-state index is -4.39. The van der Waals surface area contributed by atoms with E-state index in [1.165, 1.54) is 12.1 Å². The zero-order chi connectivity index (χ0) is 21.9. The van der Waals surface area contributed by atoms with E-state index < -0.39 is 27.0 Å². The number of halogens is 3. The smallest absolute Gasteiger partial charge is 0.335 e. The Morgan fingerprint density at radius 3 is 2.33 bits per heavy atom. The summed E-state index contributed by atoms with van der Waals surface area (Å²) in [5.74, 6) is 0.491. The Morgan fingerprint density at radius 1 is 1.13 bits per heavy atom. The number of nitrogens with zero attached hydrogens (tertiary/aromatic N) is 2. The van der Waals surface area contributed by atoms with E-state index in [0.717, 1.165) is 37.8 Å². The van der Waals surface area contributed by atoms with Crippen molar-refractivity contribution in [3.63, 3.8) is 0 Å². The van der Waals surface area contributed by atoms with Gasteiger partial charge in [0.05, 0.1) is 10.8 Å². The third-order valence-corrected chi connectivity index (χ3v) is 7.07. The average Bonchev–Trinajstić information content (AvgIpc) is 3.15. The molecule has 3 rings (SSSR count). The Balaban J connectivity index is 1.50. The molecule has 1 heterocycles. The lowest BCUT2D eigenvalue weighted by molar-refractivity contribution is -0.137. The first-order valence-electron chi connectivity index (χ1n) is 9.81. The van der Waals surface area contributed by atoms with Gasteiger partial charge in [-0.3, -0.25) is 0 Å². The van der Waals surface area contributed by atoms with Crippen molar-refractivity contribution < 1.29 is 26.1 Å². The Labute approximate surface area is 173 Å². The molecule has 2 N–H and O–H groups in total. The molecule has 1 aromatic carbocycles. The maximum Gasteiger partial charge on any atom is 0.416 e. The minimum absolute atomic E-state index is 0.115. The first-order chi connectivity index (χ1) is 14.0. The number of hydrogen-bond donors (Lipinski definition) is 2.